The van der Waals surface area contributed by atoms with E-state index < -0.39 is 0 Å². The summed E-state index contributed by atoms with van der Waals surface area (Å²) < 4.78 is 7.77. The number of aromatic nitrogens is 2. The zero-order valence-electron chi connectivity index (χ0n) is 23.6. The van der Waals surface area contributed by atoms with Crippen molar-refractivity contribution in [2.75, 3.05) is 20.2 Å². The minimum Gasteiger partial charge on any atom is -0.497 e. The molecule has 6 heteroatoms. The number of amides is 1. The molecule has 1 saturated heterocycles. The molecule has 0 atom stereocenters. The molecule has 1 aliphatic carbocycles. The highest BCUT2D eigenvalue weighted by Gasteiger charge is 2.30. The maximum Gasteiger partial charge on any atom is 0.255 e. The Hall–Kier alpha value is -3.38. The third kappa shape index (κ3) is 5.60. The van der Waals surface area contributed by atoms with Crippen LogP contribution in [-0.2, 0) is 6.42 Å². The maximum atomic E-state index is 13.9. The standard InChI is InChI=1S/C34H39N3O2S/c1-24-30(34(38)36-19-17-26(18-20-36)21-25-9-5-3-6-10-25)22-32(37(24)28-11-7-4-8-12-28)31-23-40-33(35-31)27-13-15-29(39-2)16-14-27/h3,5-6,9-10,13-16,22-23,26,28H,4,7-8,11-12,17-21H2,1-2H3. The van der Waals surface area contributed by atoms with E-state index in [-0.39, 0.29) is 5.91 Å². The fourth-order valence-electron chi connectivity index (χ4n) is 6.56. The third-order valence-corrected chi connectivity index (χ3v) is 9.73. The summed E-state index contributed by atoms with van der Waals surface area (Å²) in [6, 6.07) is 21.4. The number of hydrogen-bond acceptors (Lipinski definition) is 4. The monoisotopic (exact) mass is 553 g/mol. The van der Waals surface area contributed by atoms with Gasteiger partial charge in [0.15, 0.2) is 0 Å². The van der Waals surface area contributed by atoms with Gasteiger partial charge in [0.1, 0.15) is 10.8 Å². The zero-order chi connectivity index (χ0) is 27.5. The molecule has 40 heavy (non-hydrogen) atoms. The Kier molecular flexibility index (Phi) is 8.05. The fourth-order valence-corrected chi connectivity index (χ4v) is 7.38. The predicted octanol–water partition coefficient (Wildman–Crippen LogP) is 8.20. The van der Waals surface area contributed by atoms with E-state index in [9.17, 15) is 4.79 Å². The number of carbonyl (C=O) groups excluding carboxylic acids is 1. The van der Waals surface area contributed by atoms with Gasteiger partial charge in [0.2, 0.25) is 0 Å². The number of piperidine rings is 1. The van der Waals surface area contributed by atoms with Gasteiger partial charge in [-0.2, -0.15) is 0 Å². The number of nitrogens with zero attached hydrogens (tertiary/aromatic N) is 3. The number of methoxy groups -OCH3 is 1. The van der Waals surface area contributed by atoms with Crippen LogP contribution in [0.1, 0.15) is 72.6 Å². The van der Waals surface area contributed by atoms with E-state index in [0.29, 0.717) is 12.0 Å². The number of likely N-dealkylation sites (tertiary alicyclic amines) is 1. The van der Waals surface area contributed by atoms with Crippen LogP contribution in [0.15, 0.2) is 66.0 Å². The highest BCUT2D eigenvalue weighted by molar-refractivity contribution is 7.13. The second-order valence-electron chi connectivity index (χ2n) is 11.4. The van der Waals surface area contributed by atoms with Crippen molar-refractivity contribution in [3.8, 4) is 27.7 Å². The minimum atomic E-state index is 0.178. The molecule has 6 rings (SSSR count). The Morgan fingerprint density at radius 3 is 2.40 bits per heavy atom. The summed E-state index contributed by atoms with van der Waals surface area (Å²) in [5.74, 6) is 1.66. The number of carbonyl (C=O) groups is 1. The lowest BCUT2D eigenvalue weighted by molar-refractivity contribution is 0.0689. The molecule has 0 spiro atoms. The molecule has 3 heterocycles. The predicted molar refractivity (Wildman–Crippen MR) is 163 cm³/mol. The van der Waals surface area contributed by atoms with Gasteiger partial charge in [-0.3, -0.25) is 4.79 Å². The molecule has 0 N–H and O–H groups in total. The number of thiazole rings is 1. The average molecular weight is 554 g/mol. The van der Waals surface area contributed by atoms with Crippen LogP contribution in [0.3, 0.4) is 0 Å². The Labute approximate surface area is 241 Å². The summed E-state index contributed by atoms with van der Waals surface area (Å²) in [5.41, 5.74) is 6.47. The van der Waals surface area contributed by atoms with Gasteiger partial charge in [-0.15, -0.1) is 11.3 Å². The normalized spacial score (nSPS) is 16.8. The molecule has 0 radical (unpaired) electrons. The van der Waals surface area contributed by atoms with E-state index in [0.717, 1.165) is 84.2 Å². The summed E-state index contributed by atoms with van der Waals surface area (Å²) in [6.45, 7) is 3.81. The lowest BCUT2D eigenvalue weighted by Gasteiger charge is -2.32. The van der Waals surface area contributed by atoms with Crippen molar-refractivity contribution in [1.29, 1.82) is 0 Å². The van der Waals surface area contributed by atoms with Crippen LogP contribution in [0, 0.1) is 12.8 Å². The van der Waals surface area contributed by atoms with Gasteiger partial charge in [0.05, 0.1) is 24.1 Å². The van der Waals surface area contributed by atoms with Gasteiger partial charge in [-0.25, -0.2) is 4.98 Å². The fraction of sp³-hybridized carbons (Fsp3) is 0.412. The van der Waals surface area contributed by atoms with Crippen molar-refractivity contribution >= 4 is 17.2 Å². The van der Waals surface area contributed by atoms with Crippen molar-refractivity contribution in [3.05, 3.63) is 82.9 Å². The molecule has 0 bridgehead atoms. The van der Waals surface area contributed by atoms with Crippen molar-refractivity contribution in [2.24, 2.45) is 5.92 Å². The summed E-state index contributed by atoms with van der Waals surface area (Å²) in [6.07, 6.45) is 9.34. The summed E-state index contributed by atoms with van der Waals surface area (Å²) >= 11 is 1.66. The first kappa shape index (κ1) is 26.8. The van der Waals surface area contributed by atoms with E-state index in [1.54, 1.807) is 18.4 Å². The highest BCUT2D eigenvalue weighted by atomic mass is 32.1. The second kappa shape index (κ2) is 12.0. The van der Waals surface area contributed by atoms with E-state index in [2.05, 4.69) is 70.3 Å². The summed E-state index contributed by atoms with van der Waals surface area (Å²) in [4.78, 5) is 21.1. The number of rotatable bonds is 7. The SMILES string of the molecule is COc1ccc(-c2nc(-c3cc(C(=O)N4CCC(Cc5ccccc5)CC4)c(C)n3C3CCCCC3)cs2)cc1. The number of ether oxygens (including phenoxy) is 1. The minimum absolute atomic E-state index is 0.178. The van der Waals surface area contributed by atoms with Crippen molar-refractivity contribution in [2.45, 2.75) is 64.3 Å². The molecule has 2 aromatic carbocycles. The first-order valence-corrected chi connectivity index (χ1v) is 15.6. The van der Waals surface area contributed by atoms with Crippen LogP contribution in [0.5, 0.6) is 5.75 Å². The van der Waals surface area contributed by atoms with Crippen LogP contribution in [0.2, 0.25) is 0 Å². The largest absolute Gasteiger partial charge is 0.497 e. The van der Waals surface area contributed by atoms with E-state index in [4.69, 9.17) is 9.72 Å². The Balaban J connectivity index is 1.25. The molecule has 2 fully saturated rings. The first-order chi connectivity index (χ1) is 19.6. The van der Waals surface area contributed by atoms with Crippen molar-refractivity contribution < 1.29 is 9.53 Å². The van der Waals surface area contributed by atoms with Crippen LogP contribution in [-0.4, -0.2) is 40.6 Å². The van der Waals surface area contributed by atoms with E-state index in [1.807, 2.05) is 12.1 Å². The molecule has 0 unspecified atom stereocenters. The molecule has 1 aliphatic heterocycles. The molecule has 208 valence electrons. The Morgan fingerprint density at radius 1 is 0.975 bits per heavy atom. The number of benzene rings is 2. The lowest BCUT2D eigenvalue weighted by atomic mass is 9.90. The Bertz CT molecular complexity index is 1430. The lowest BCUT2D eigenvalue weighted by Crippen LogP contribution is -2.39. The zero-order valence-corrected chi connectivity index (χ0v) is 24.5. The quantitative estimate of drug-likeness (QED) is 0.232. The van der Waals surface area contributed by atoms with Gasteiger partial charge in [-0.1, -0.05) is 49.6 Å². The molecule has 1 saturated carbocycles. The smallest absolute Gasteiger partial charge is 0.255 e. The molecule has 1 amide bonds. The van der Waals surface area contributed by atoms with Gasteiger partial charge in [-0.05, 0) is 80.8 Å². The first-order valence-electron chi connectivity index (χ1n) is 14.8. The topological polar surface area (TPSA) is 47.4 Å². The molecule has 2 aliphatic rings. The van der Waals surface area contributed by atoms with Gasteiger partial charge in [0.25, 0.3) is 5.91 Å². The van der Waals surface area contributed by atoms with Crippen LogP contribution in [0.4, 0.5) is 0 Å². The van der Waals surface area contributed by atoms with Crippen LogP contribution < -0.4 is 4.74 Å². The van der Waals surface area contributed by atoms with Gasteiger partial charge < -0.3 is 14.2 Å². The third-order valence-electron chi connectivity index (χ3n) is 8.83. The van der Waals surface area contributed by atoms with Crippen molar-refractivity contribution in [1.82, 2.24) is 14.5 Å². The molecular formula is C34H39N3O2S. The highest BCUT2D eigenvalue weighted by Crippen LogP contribution is 2.38. The Morgan fingerprint density at radius 2 is 1.70 bits per heavy atom. The van der Waals surface area contributed by atoms with Crippen LogP contribution >= 0.6 is 11.3 Å². The van der Waals surface area contributed by atoms with Gasteiger partial charge in [0, 0.05) is 35.8 Å². The molecule has 2 aromatic heterocycles. The molecule has 5 nitrogen and oxygen atoms in total. The van der Waals surface area contributed by atoms with Crippen LogP contribution in [0.25, 0.3) is 22.0 Å². The summed E-state index contributed by atoms with van der Waals surface area (Å²) in [5, 5.41) is 3.14. The van der Waals surface area contributed by atoms with E-state index in [1.165, 1.54) is 24.8 Å². The number of hydrogen-bond donors (Lipinski definition) is 0. The average Bonchev–Trinajstić information content (AvgIpc) is 3.63. The summed E-state index contributed by atoms with van der Waals surface area (Å²) in [7, 11) is 1.68. The van der Waals surface area contributed by atoms with E-state index >= 15 is 0 Å². The second-order valence-corrected chi connectivity index (χ2v) is 12.2. The molecule has 4 aromatic rings. The van der Waals surface area contributed by atoms with Crippen molar-refractivity contribution in [3.63, 3.8) is 0 Å². The van der Waals surface area contributed by atoms with Gasteiger partial charge >= 0.3 is 0 Å². The maximum absolute atomic E-state index is 13.9. The molecular weight excluding hydrogens is 514 g/mol.